The highest BCUT2D eigenvalue weighted by Gasteiger charge is 2.42. The third-order valence-electron chi connectivity index (χ3n) is 6.47. The predicted molar refractivity (Wildman–Crippen MR) is 127 cm³/mol. The van der Waals surface area contributed by atoms with Gasteiger partial charge in [-0.2, -0.15) is 0 Å². The lowest BCUT2D eigenvalue weighted by Crippen LogP contribution is -2.53. The molecule has 3 atom stereocenters. The van der Waals surface area contributed by atoms with Crippen molar-refractivity contribution in [1.82, 2.24) is 10.4 Å². The molecule has 33 heavy (non-hydrogen) atoms. The molecule has 0 aromatic heterocycles. The van der Waals surface area contributed by atoms with Gasteiger partial charge in [0.2, 0.25) is 11.8 Å². The molecule has 1 aliphatic carbocycles. The molecular formula is C24H27Cl2N3O4. The average Bonchev–Trinajstić information content (AvgIpc) is 2.86. The number of hydrogen-bond donors (Lipinski definition) is 2. The van der Waals surface area contributed by atoms with Crippen LogP contribution in [0.2, 0.25) is 10.0 Å². The molecular weight excluding hydrogens is 465 g/mol. The highest BCUT2D eigenvalue weighted by Crippen LogP contribution is 2.35. The zero-order valence-electron chi connectivity index (χ0n) is 18.1. The predicted octanol–water partition coefficient (Wildman–Crippen LogP) is 4.01. The van der Waals surface area contributed by atoms with Crippen LogP contribution in [0, 0.1) is 11.8 Å². The van der Waals surface area contributed by atoms with Gasteiger partial charge < -0.3 is 14.5 Å². The molecule has 9 heteroatoms. The third kappa shape index (κ3) is 5.54. The average molecular weight is 492 g/mol. The molecule has 0 spiro atoms. The van der Waals surface area contributed by atoms with E-state index in [1.807, 2.05) is 23.1 Å². The van der Waals surface area contributed by atoms with Crippen LogP contribution < -0.4 is 15.1 Å². The number of hydroxylamine groups is 1. The van der Waals surface area contributed by atoms with Gasteiger partial charge >= 0.3 is 0 Å². The normalized spacial score (nSPS) is 23.2. The van der Waals surface area contributed by atoms with Crippen LogP contribution in [0.1, 0.15) is 19.3 Å². The van der Waals surface area contributed by atoms with Gasteiger partial charge in [-0.1, -0.05) is 41.4 Å². The zero-order valence-corrected chi connectivity index (χ0v) is 19.6. The molecule has 2 N–H and O–H groups in total. The Kier molecular flexibility index (Phi) is 7.63. The van der Waals surface area contributed by atoms with Crippen molar-refractivity contribution in [2.75, 3.05) is 31.1 Å². The van der Waals surface area contributed by atoms with Gasteiger partial charge in [-0.15, -0.1) is 0 Å². The maximum Gasteiger partial charge on any atom is 0.247 e. The van der Waals surface area contributed by atoms with Crippen LogP contribution in [0.3, 0.4) is 0 Å². The minimum absolute atomic E-state index is 0.0377. The number of amides is 2. The number of carbonyl (C=O) groups excluding carboxylic acids is 2. The molecule has 2 amide bonds. The fraction of sp³-hybridized carbons (Fsp3) is 0.417. The number of anilines is 1. The van der Waals surface area contributed by atoms with E-state index in [9.17, 15) is 14.8 Å². The molecule has 2 unspecified atom stereocenters. The van der Waals surface area contributed by atoms with Crippen molar-refractivity contribution >= 4 is 40.7 Å². The maximum absolute atomic E-state index is 13.3. The van der Waals surface area contributed by atoms with Gasteiger partial charge in [-0.25, -0.2) is 5.48 Å². The van der Waals surface area contributed by atoms with E-state index in [1.165, 1.54) is 0 Å². The van der Waals surface area contributed by atoms with E-state index in [4.69, 9.17) is 27.9 Å². The first-order chi connectivity index (χ1) is 16.0. The number of rotatable bonds is 5. The summed E-state index contributed by atoms with van der Waals surface area (Å²) in [6, 6.07) is 15.1. The molecule has 1 saturated heterocycles. The number of para-hydroxylation sites is 1. The number of hydrogen-bond acceptors (Lipinski definition) is 5. The summed E-state index contributed by atoms with van der Waals surface area (Å²) in [4.78, 5) is 29.9. The Balaban J connectivity index is 1.39. The smallest absolute Gasteiger partial charge is 0.247 e. The minimum Gasteiger partial charge on any atom is -0.490 e. The molecule has 1 saturated carbocycles. The molecule has 2 aliphatic rings. The second-order valence-corrected chi connectivity index (χ2v) is 9.28. The highest BCUT2D eigenvalue weighted by atomic mass is 35.5. The van der Waals surface area contributed by atoms with Crippen molar-refractivity contribution in [1.29, 1.82) is 0 Å². The van der Waals surface area contributed by atoms with Crippen molar-refractivity contribution < 1.29 is 19.5 Å². The molecule has 2 aromatic carbocycles. The molecule has 0 radical (unpaired) electrons. The summed E-state index contributed by atoms with van der Waals surface area (Å²) >= 11 is 12.0. The van der Waals surface area contributed by atoms with E-state index >= 15 is 0 Å². The lowest BCUT2D eigenvalue weighted by atomic mass is 9.76. The van der Waals surface area contributed by atoms with Gasteiger partial charge in [0.15, 0.2) is 0 Å². The summed E-state index contributed by atoms with van der Waals surface area (Å²) in [7, 11) is 0. The maximum atomic E-state index is 13.3. The van der Waals surface area contributed by atoms with Gasteiger partial charge in [-0.05, 0) is 43.5 Å². The Bertz CT molecular complexity index is 983. The Hall–Kier alpha value is -2.48. The van der Waals surface area contributed by atoms with Crippen LogP contribution in [0.4, 0.5) is 5.69 Å². The van der Waals surface area contributed by atoms with Crippen LogP contribution in [0.25, 0.3) is 0 Å². The highest BCUT2D eigenvalue weighted by molar-refractivity contribution is 6.42. The Morgan fingerprint density at radius 1 is 0.939 bits per heavy atom. The van der Waals surface area contributed by atoms with Crippen molar-refractivity contribution in [3.63, 3.8) is 0 Å². The van der Waals surface area contributed by atoms with Crippen LogP contribution in [0.15, 0.2) is 48.5 Å². The Morgan fingerprint density at radius 3 is 2.33 bits per heavy atom. The Morgan fingerprint density at radius 2 is 1.67 bits per heavy atom. The summed E-state index contributed by atoms with van der Waals surface area (Å²) < 4.78 is 6.02. The third-order valence-corrected chi connectivity index (χ3v) is 7.21. The van der Waals surface area contributed by atoms with Crippen molar-refractivity contribution in [2.45, 2.75) is 25.4 Å². The Labute approximate surface area is 203 Å². The summed E-state index contributed by atoms with van der Waals surface area (Å²) in [5.74, 6) is -1.20. The van der Waals surface area contributed by atoms with Crippen LogP contribution in [-0.4, -0.2) is 54.2 Å². The fourth-order valence-corrected chi connectivity index (χ4v) is 5.00. The lowest BCUT2D eigenvalue weighted by molar-refractivity contribution is -0.148. The first-order valence-electron chi connectivity index (χ1n) is 11.1. The second kappa shape index (κ2) is 10.6. The quantitative estimate of drug-likeness (QED) is 0.487. The van der Waals surface area contributed by atoms with Gasteiger partial charge in [0.1, 0.15) is 5.75 Å². The largest absolute Gasteiger partial charge is 0.490 e. The molecule has 176 valence electrons. The lowest BCUT2D eigenvalue weighted by Gasteiger charge is -2.40. The van der Waals surface area contributed by atoms with Crippen molar-refractivity contribution in [3.8, 4) is 5.75 Å². The summed E-state index contributed by atoms with van der Waals surface area (Å²) in [6.45, 7) is 2.67. The van der Waals surface area contributed by atoms with Crippen LogP contribution >= 0.6 is 23.2 Å². The first kappa shape index (κ1) is 23.7. The number of benzene rings is 2. The van der Waals surface area contributed by atoms with E-state index in [1.54, 1.807) is 23.7 Å². The van der Waals surface area contributed by atoms with Crippen LogP contribution in [0.5, 0.6) is 5.75 Å². The number of halogens is 2. The second-order valence-electron chi connectivity index (χ2n) is 8.47. The monoisotopic (exact) mass is 491 g/mol. The van der Waals surface area contributed by atoms with E-state index in [0.717, 1.165) is 18.8 Å². The van der Waals surface area contributed by atoms with Gasteiger partial charge in [0.05, 0.1) is 28.0 Å². The van der Waals surface area contributed by atoms with Crippen molar-refractivity contribution in [2.24, 2.45) is 11.8 Å². The zero-order chi connectivity index (χ0) is 23.4. The van der Waals surface area contributed by atoms with E-state index in [2.05, 4.69) is 17.0 Å². The molecule has 7 nitrogen and oxygen atoms in total. The molecule has 2 fully saturated rings. The minimum atomic E-state index is -0.670. The standard InChI is InChI=1S/C24H27Cl2N3O4/c25-21-9-7-18(15-22(21)26)33-17-6-8-19(20(14-17)23(30)27-32)24(31)29-12-10-28(11-13-29)16-4-2-1-3-5-16/h1-5,7,9,15,17,19-20,32H,6,8,10-14H2,(H,27,30)/t17?,19?,20-/m0/s1. The van der Waals surface area contributed by atoms with E-state index in [-0.39, 0.29) is 12.0 Å². The van der Waals surface area contributed by atoms with Crippen molar-refractivity contribution in [3.05, 3.63) is 58.6 Å². The molecule has 0 bridgehead atoms. The topological polar surface area (TPSA) is 82.1 Å². The van der Waals surface area contributed by atoms with E-state index in [0.29, 0.717) is 48.1 Å². The number of ether oxygens (including phenoxy) is 1. The van der Waals surface area contributed by atoms with Gasteiger partial charge in [-0.3, -0.25) is 14.8 Å². The van der Waals surface area contributed by atoms with Gasteiger partial charge in [0.25, 0.3) is 0 Å². The molecule has 2 aromatic rings. The summed E-state index contributed by atoms with van der Waals surface area (Å²) in [5, 5.41) is 10.1. The molecule has 1 heterocycles. The molecule has 1 aliphatic heterocycles. The van der Waals surface area contributed by atoms with E-state index < -0.39 is 17.7 Å². The fourth-order valence-electron chi connectivity index (χ4n) is 4.71. The number of carbonyl (C=O) groups is 2. The molecule has 4 rings (SSSR count). The SMILES string of the molecule is O=C(NO)[C@H]1CC(Oc2ccc(Cl)c(Cl)c2)CCC1C(=O)N1CCN(c2ccccc2)CC1. The first-order valence-corrected chi connectivity index (χ1v) is 11.9. The summed E-state index contributed by atoms with van der Waals surface area (Å²) in [6.07, 6.45) is 1.17. The number of nitrogens with zero attached hydrogens (tertiary/aromatic N) is 2. The number of nitrogens with one attached hydrogen (secondary N) is 1. The van der Waals surface area contributed by atoms with Gasteiger partial charge in [0, 0.05) is 37.9 Å². The van der Waals surface area contributed by atoms with Crippen LogP contribution in [-0.2, 0) is 9.59 Å². The summed E-state index contributed by atoms with van der Waals surface area (Å²) in [5.41, 5.74) is 2.88. The number of piperazine rings is 1.